The molecule has 8 heteroatoms. The number of nitrogens with zero attached hydrogens (tertiary/aromatic N) is 3. The second kappa shape index (κ2) is 8.26. The van der Waals surface area contributed by atoms with Gasteiger partial charge >= 0.3 is 0 Å². The molecule has 0 saturated heterocycles. The van der Waals surface area contributed by atoms with Gasteiger partial charge in [-0.1, -0.05) is 23.9 Å². The molecular weight excluding hydrogens is 359 g/mol. The summed E-state index contributed by atoms with van der Waals surface area (Å²) in [7, 11) is 0. The van der Waals surface area contributed by atoms with Crippen LogP contribution < -0.4 is 5.32 Å². The van der Waals surface area contributed by atoms with Gasteiger partial charge in [-0.05, 0) is 36.6 Å². The Morgan fingerprint density at radius 1 is 1.32 bits per heavy atom. The second-order valence-electron chi connectivity index (χ2n) is 5.25. The molecule has 0 aliphatic carbocycles. The van der Waals surface area contributed by atoms with Gasteiger partial charge in [0.1, 0.15) is 11.6 Å². The van der Waals surface area contributed by atoms with Crippen molar-refractivity contribution in [3.8, 4) is 0 Å². The highest BCUT2D eigenvalue weighted by Gasteiger charge is 2.14. The van der Waals surface area contributed by atoms with Crippen LogP contribution in [0.2, 0.25) is 0 Å². The van der Waals surface area contributed by atoms with Gasteiger partial charge in [0.05, 0.1) is 5.75 Å². The van der Waals surface area contributed by atoms with Crippen LogP contribution in [0.15, 0.2) is 46.9 Å². The number of amides is 1. The predicted octanol–water partition coefficient (Wildman–Crippen LogP) is 3.82. The van der Waals surface area contributed by atoms with Gasteiger partial charge in [-0.2, -0.15) is 0 Å². The van der Waals surface area contributed by atoms with Crippen molar-refractivity contribution in [3.63, 3.8) is 0 Å². The number of halogens is 1. The molecule has 25 heavy (non-hydrogen) atoms. The normalized spacial score (nSPS) is 10.8. The van der Waals surface area contributed by atoms with E-state index in [-0.39, 0.29) is 17.5 Å². The Hall–Kier alpha value is -2.19. The van der Waals surface area contributed by atoms with Crippen LogP contribution in [0, 0.1) is 5.82 Å². The number of carbonyl (C=O) groups is 1. The van der Waals surface area contributed by atoms with Gasteiger partial charge in [0, 0.05) is 23.5 Å². The highest BCUT2D eigenvalue weighted by molar-refractivity contribution is 7.99. The molecule has 0 spiro atoms. The standard InChI is InChI=1S/C17H17FN4OS2/c1-2-22-15(10-14-7-4-8-24-14)20-21-17(22)25-11-16(23)19-13-6-3-5-12(18)9-13/h3-9H,2,10-11H2,1H3,(H,19,23). The molecule has 0 radical (unpaired) electrons. The Morgan fingerprint density at radius 2 is 2.20 bits per heavy atom. The van der Waals surface area contributed by atoms with Crippen LogP contribution in [0.3, 0.4) is 0 Å². The summed E-state index contributed by atoms with van der Waals surface area (Å²) in [6.45, 7) is 2.76. The monoisotopic (exact) mass is 376 g/mol. The van der Waals surface area contributed by atoms with Gasteiger partial charge in [0.15, 0.2) is 5.16 Å². The molecule has 2 aromatic heterocycles. The molecule has 1 N–H and O–H groups in total. The lowest BCUT2D eigenvalue weighted by molar-refractivity contribution is -0.113. The zero-order chi connectivity index (χ0) is 17.6. The van der Waals surface area contributed by atoms with E-state index in [0.29, 0.717) is 10.8 Å². The Bertz CT molecular complexity index is 848. The fourth-order valence-electron chi connectivity index (χ4n) is 2.34. The second-order valence-corrected chi connectivity index (χ2v) is 7.22. The molecule has 3 rings (SSSR count). The third kappa shape index (κ3) is 4.67. The van der Waals surface area contributed by atoms with Gasteiger partial charge in [0.2, 0.25) is 5.91 Å². The number of hydrogen-bond acceptors (Lipinski definition) is 5. The summed E-state index contributed by atoms with van der Waals surface area (Å²) in [5.41, 5.74) is 0.445. The Labute approximate surface area is 153 Å². The maximum atomic E-state index is 13.1. The maximum Gasteiger partial charge on any atom is 0.234 e. The largest absolute Gasteiger partial charge is 0.325 e. The van der Waals surface area contributed by atoms with Gasteiger partial charge in [-0.15, -0.1) is 21.5 Å². The molecule has 130 valence electrons. The van der Waals surface area contributed by atoms with Crippen molar-refractivity contribution in [2.75, 3.05) is 11.1 Å². The van der Waals surface area contributed by atoms with Gasteiger partial charge in [0.25, 0.3) is 0 Å². The molecule has 5 nitrogen and oxygen atoms in total. The van der Waals surface area contributed by atoms with Crippen LogP contribution in [-0.2, 0) is 17.8 Å². The summed E-state index contributed by atoms with van der Waals surface area (Å²) in [5.74, 6) is 0.488. The van der Waals surface area contributed by atoms with Crippen LogP contribution in [0.5, 0.6) is 0 Å². The van der Waals surface area contributed by atoms with Crippen LogP contribution >= 0.6 is 23.1 Å². The lowest BCUT2D eigenvalue weighted by Gasteiger charge is -2.07. The van der Waals surface area contributed by atoms with Crippen LogP contribution in [0.25, 0.3) is 0 Å². The number of rotatable bonds is 7. The van der Waals surface area contributed by atoms with Crippen molar-refractivity contribution in [1.82, 2.24) is 14.8 Å². The number of benzene rings is 1. The number of thioether (sulfide) groups is 1. The first-order valence-electron chi connectivity index (χ1n) is 7.78. The molecule has 0 aliphatic rings. The minimum atomic E-state index is -0.380. The average molecular weight is 376 g/mol. The van der Waals surface area contributed by atoms with Crippen LogP contribution in [0.4, 0.5) is 10.1 Å². The maximum absolute atomic E-state index is 13.1. The molecule has 2 heterocycles. The Balaban J connectivity index is 1.61. The number of carbonyl (C=O) groups excluding carboxylic acids is 1. The van der Waals surface area contributed by atoms with Crippen molar-refractivity contribution in [1.29, 1.82) is 0 Å². The molecule has 0 saturated carbocycles. The average Bonchev–Trinajstić information content (AvgIpc) is 3.23. The third-order valence-electron chi connectivity index (χ3n) is 3.46. The van der Waals surface area contributed by atoms with E-state index in [1.807, 2.05) is 22.9 Å². The van der Waals surface area contributed by atoms with Crippen molar-refractivity contribution < 1.29 is 9.18 Å². The van der Waals surface area contributed by atoms with E-state index in [4.69, 9.17) is 0 Å². The van der Waals surface area contributed by atoms with Crippen molar-refractivity contribution in [2.24, 2.45) is 0 Å². The number of hydrogen-bond donors (Lipinski definition) is 1. The quantitative estimate of drug-likeness (QED) is 0.637. The summed E-state index contributed by atoms with van der Waals surface area (Å²) in [5, 5.41) is 13.9. The minimum absolute atomic E-state index is 0.188. The number of thiophene rings is 1. The summed E-state index contributed by atoms with van der Waals surface area (Å²) in [4.78, 5) is 13.3. The highest BCUT2D eigenvalue weighted by atomic mass is 32.2. The number of anilines is 1. The van der Waals surface area contributed by atoms with Gasteiger partial charge < -0.3 is 9.88 Å². The molecule has 3 aromatic rings. The molecule has 1 amide bonds. The molecule has 0 aliphatic heterocycles. The molecule has 0 unspecified atom stereocenters. The number of aromatic nitrogens is 3. The smallest absolute Gasteiger partial charge is 0.234 e. The SMILES string of the molecule is CCn1c(Cc2cccs2)nnc1SCC(=O)Nc1cccc(F)c1. The Morgan fingerprint density at radius 3 is 2.92 bits per heavy atom. The predicted molar refractivity (Wildman–Crippen MR) is 98.6 cm³/mol. The number of nitrogens with one attached hydrogen (secondary N) is 1. The molecule has 0 atom stereocenters. The molecule has 0 bridgehead atoms. The fraction of sp³-hybridized carbons (Fsp3) is 0.235. The van der Waals surface area contributed by atoms with Gasteiger partial charge in [-0.3, -0.25) is 4.79 Å². The Kier molecular flexibility index (Phi) is 5.83. The molecule has 1 aromatic carbocycles. The van der Waals surface area contributed by atoms with E-state index in [0.717, 1.165) is 18.8 Å². The molecule has 0 fully saturated rings. The first-order valence-corrected chi connectivity index (χ1v) is 9.65. The fourth-order valence-corrected chi connectivity index (χ4v) is 3.86. The van der Waals surface area contributed by atoms with E-state index < -0.39 is 0 Å². The topological polar surface area (TPSA) is 59.8 Å². The third-order valence-corrected chi connectivity index (χ3v) is 5.31. The first-order chi connectivity index (χ1) is 12.2. The van der Waals surface area contributed by atoms with Crippen molar-refractivity contribution in [3.05, 3.63) is 58.3 Å². The molecular formula is C17H17FN4OS2. The zero-order valence-corrected chi connectivity index (χ0v) is 15.2. The van der Waals surface area contributed by atoms with E-state index in [2.05, 4.69) is 21.6 Å². The van der Waals surface area contributed by atoms with Gasteiger partial charge in [-0.25, -0.2) is 4.39 Å². The first kappa shape index (κ1) is 17.6. The lowest BCUT2D eigenvalue weighted by Crippen LogP contribution is -2.14. The van der Waals surface area contributed by atoms with Crippen LogP contribution in [0.1, 0.15) is 17.6 Å². The van der Waals surface area contributed by atoms with Crippen LogP contribution in [-0.4, -0.2) is 26.4 Å². The zero-order valence-electron chi connectivity index (χ0n) is 13.6. The van der Waals surface area contributed by atoms with Crippen molar-refractivity contribution >= 4 is 34.7 Å². The minimum Gasteiger partial charge on any atom is -0.325 e. The summed E-state index contributed by atoms with van der Waals surface area (Å²) in [6, 6.07) is 9.92. The van der Waals surface area contributed by atoms with E-state index in [9.17, 15) is 9.18 Å². The summed E-state index contributed by atoms with van der Waals surface area (Å²) < 4.78 is 15.2. The van der Waals surface area contributed by atoms with E-state index in [1.165, 1.54) is 28.8 Å². The van der Waals surface area contributed by atoms with E-state index >= 15 is 0 Å². The summed E-state index contributed by atoms with van der Waals surface area (Å²) >= 11 is 3.01. The van der Waals surface area contributed by atoms with E-state index in [1.54, 1.807) is 23.5 Å². The summed E-state index contributed by atoms with van der Waals surface area (Å²) in [6.07, 6.45) is 0.731. The lowest BCUT2D eigenvalue weighted by atomic mass is 10.3. The van der Waals surface area contributed by atoms with Crippen molar-refractivity contribution in [2.45, 2.75) is 25.0 Å². The highest BCUT2D eigenvalue weighted by Crippen LogP contribution is 2.20.